The van der Waals surface area contributed by atoms with Gasteiger partial charge in [0.15, 0.2) is 0 Å². The molecule has 0 aliphatic carbocycles. The van der Waals surface area contributed by atoms with Crippen molar-refractivity contribution in [2.24, 2.45) is 0 Å². The Hall–Kier alpha value is -2.33. The van der Waals surface area contributed by atoms with E-state index in [-0.39, 0.29) is 11.9 Å². The Morgan fingerprint density at radius 1 is 1.00 bits per heavy atom. The summed E-state index contributed by atoms with van der Waals surface area (Å²) in [7, 11) is 1.67. The fourth-order valence-corrected chi connectivity index (χ4v) is 3.26. The Kier molecular flexibility index (Phi) is 5.39. The molecule has 1 fully saturated rings. The molecule has 1 saturated heterocycles. The van der Waals surface area contributed by atoms with Crippen LogP contribution in [0.4, 0.5) is 5.69 Å². The molecule has 2 aromatic rings. The van der Waals surface area contributed by atoms with Crippen LogP contribution in [0.5, 0.6) is 5.75 Å². The molecule has 4 nitrogen and oxygen atoms in total. The van der Waals surface area contributed by atoms with E-state index in [4.69, 9.17) is 4.74 Å². The number of hydrogen-bond donors (Lipinski definition) is 0. The molecular weight excluding hydrogens is 312 g/mol. The number of aryl methyl sites for hydroxylation is 1. The van der Waals surface area contributed by atoms with Crippen molar-refractivity contribution in [1.29, 1.82) is 0 Å². The third-order valence-corrected chi connectivity index (χ3v) is 4.98. The van der Waals surface area contributed by atoms with Crippen LogP contribution in [0.25, 0.3) is 0 Å². The summed E-state index contributed by atoms with van der Waals surface area (Å²) in [6.45, 7) is 6.51. The van der Waals surface area contributed by atoms with E-state index in [1.807, 2.05) is 24.0 Å². The van der Waals surface area contributed by atoms with Crippen molar-refractivity contribution in [3.05, 3.63) is 59.7 Å². The molecule has 1 heterocycles. The topological polar surface area (TPSA) is 32.8 Å². The second-order valence-electron chi connectivity index (χ2n) is 6.50. The smallest absolute Gasteiger partial charge is 0.244 e. The molecule has 1 atom stereocenters. The predicted molar refractivity (Wildman–Crippen MR) is 101 cm³/mol. The monoisotopic (exact) mass is 338 g/mol. The third kappa shape index (κ3) is 3.85. The molecule has 0 N–H and O–H groups in total. The van der Waals surface area contributed by atoms with Crippen LogP contribution >= 0.6 is 0 Å². The normalized spacial score (nSPS) is 18.4. The van der Waals surface area contributed by atoms with E-state index >= 15 is 0 Å². The van der Waals surface area contributed by atoms with E-state index in [0.717, 1.165) is 37.5 Å². The molecule has 2 aromatic carbocycles. The van der Waals surface area contributed by atoms with E-state index in [1.165, 1.54) is 11.1 Å². The van der Waals surface area contributed by atoms with Gasteiger partial charge < -0.3 is 9.64 Å². The maximum atomic E-state index is 12.8. The number of ether oxygens (including phenoxy) is 1. The van der Waals surface area contributed by atoms with Crippen molar-refractivity contribution in [1.82, 2.24) is 4.90 Å². The highest BCUT2D eigenvalue weighted by atomic mass is 16.5. The second-order valence-corrected chi connectivity index (χ2v) is 6.50. The number of carbonyl (C=O) groups is 1. The Bertz CT molecular complexity index is 710. The highest BCUT2D eigenvalue weighted by Crippen LogP contribution is 2.23. The first-order chi connectivity index (χ1) is 12.1. The lowest BCUT2D eigenvalue weighted by Gasteiger charge is -2.39. The van der Waals surface area contributed by atoms with Gasteiger partial charge in [0.2, 0.25) is 5.91 Å². The summed E-state index contributed by atoms with van der Waals surface area (Å²) in [6.07, 6.45) is 1.01. The number of nitrogens with zero attached hydrogens (tertiary/aromatic N) is 2. The molecule has 3 rings (SSSR count). The molecule has 1 aliphatic rings. The first kappa shape index (κ1) is 17.5. The molecule has 0 saturated carbocycles. The molecule has 0 spiro atoms. The van der Waals surface area contributed by atoms with Gasteiger partial charge in [0.25, 0.3) is 0 Å². The van der Waals surface area contributed by atoms with Crippen molar-refractivity contribution in [2.75, 3.05) is 25.1 Å². The minimum Gasteiger partial charge on any atom is -0.497 e. The van der Waals surface area contributed by atoms with Gasteiger partial charge in [-0.3, -0.25) is 9.69 Å². The summed E-state index contributed by atoms with van der Waals surface area (Å²) in [6, 6.07) is 16.3. The van der Waals surface area contributed by atoms with Gasteiger partial charge >= 0.3 is 0 Å². The van der Waals surface area contributed by atoms with Gasteiger partial charge in [0.1, 0.15) is 5.75 Å². The minimum absolute atomic E-state index is 0.123. The number of benzene rings is 2. The van der Waals surface area contributed by atoms with Crippen LogP contribution in [0.2, 0.25) is 0 Å². The van der Waals surface area contributed by atoms with Crippen LogP contribution in [0.3, 0.4) is 0 Å². The standard InChI is InChI=1S/C21H26N2O2/c1-4-17-5-9-19(10-6-17)23-14-13-22(16(2)21(23)24)15-18-7-11-20(25-3)12-8-18/h5-12,16H,4,13-15H2,1-3H3. The van der Waals surface area contributed by atoms with Crippen molar-refractivity contribution in [3.8, 4) is 5.75 Å². The first-order valence-electron chi connectivity index (χ1n) is 8.89. The van der Waals surface area contributed by atoms with Crippen molar-refractivity contribution in [2.45, 2.75) is 32.9 Å². The number of methoxy groups -OCH3 is 1. The lowest BCUT2D eigenvalue weighted by atomic mass is 10.1. The van der Waals surface area contributed by atoms with Crippen LogP contribution in [0.1, 0.15) is 25.0 Å². The van der Waals surface area contributed by atoms with Crippen molar-refractivity contribution >= 4 is 11.6 Å². The average Bonchev–Trinajstić information content (AvgIpc) is 2.66. The van der Waals surface area contributed by atoms with Gasteiger partial charge in [-0.2, -0.15) is 0 Å². The number of anilines is 1. The quantitative estimate of drug-likeness (QED) is 0.836. The van der Waals surface area contributed by atoms with E-state index in [1.54, 1.807) is 7.11 Å². The summed E-state index contributed by atoms with van der Waals surface area (Å²) in [5.41, 5.74) is 3.49. The Balaban J connectivity index is 1.67. The molecule has 0 radical (unpaired) electrons. The summed E-state index contributed by atoms with van der Waals surface area (Å²) in [4.78, 5) is 17.0. The van der Waals surface area contributed by atoms with Gasteiger partial charge in [0, 0.05) is 25.3 Å². The number of piperazine rings is 1. The number of amides is 1. The molecule has 1 amide bonds. The molecule has 1 unspecified atom stereocenters. The fraction of sp³-hybridized carbons (Fsp3) is 0.381. The molecule has 1 aliphatic heterocycles. The van der Waals surface area contributed by atoms with Gasteiger partial charge in [-0.05, 0) is 48.7 Å². The average molecular weight is 338 g/mol. The number of hydrogen-bond acceptors (Lipinski definition) is 3. The summed E-state index contributed by atoms with van der Waals surface area (Å²) >= 11 is 0. The Morgan fingerprint density at radius 2 is 1.64 bits per heavy atom. The largest absolute Gasteiger partial charge is 0.497 e. The molecule has 0 aromatic heterocycles. The van der Waals surface area contributed by atoms with E-state index in [2.05, 4.69) is 48.2 Å². The van der Waals surface area contributed by atoms with Crippen molar-refractivity contribution in [3.63, 3.8) is 0 Å². The van der Waals surface area contributed by atoms with Gasteiger partial charge in [-0.1, -0.05) is 31.2 Å². The predicted octanol–water partition coefficient (Wildman–Crippen LogP) is 3.49. The minimum atomic E-state index is -0.123. The molecule has 132 valence electrons. The lowest BCUT2D eigenvalue weighted by Crippen LogP contribution is -2.55. The van der Waals surface area contributed by atoms with Crippen LogP contribution < -0.4 is 9.64 Å². The van der Waals surface area contributed by atoms with E-state index < -0.39 is 0 Å². The maximum absolute atomic E-state index is 12.8. The Labute approximate surface area is 150 Å². The third-order valence-electron chi connectivity index (χ3n) is 4.98. The first-order valence-corrected chi connectivity index (χ1v) is 8.89. The number of carbonyl (C=O) groups excluding carboxylic acids is 1. The van der Waals surface area contributed by atoms with E-state index in [0.29, 0.717) is 0 Å². The van der Waals surface area contributed by atoms with Gasteiger partial charge in [-0.25, -0.2) is 0 Å². The van der Waals surface area contributed by atoms with Crippen molar-refractivity contribution < 1.29 is 9.53 Å². The van der Waals surface area contributed by atoms with E-state index in [9.17, 15) is 4.79 Å². The van der Waals surface area contributed by atoms with Crippen LogP contribution in [-0.4, -0.2) is 37.0 Å². The molecule has 25 heavy (non-hydrogen) atoms. The molecule has 4 heteroatoms. The van der Waals surface area contributed by atoms with Gasteiger partial charge in [-0.15, -0.1) is 0 Å². The zero-order valence-corrected chi connectivity index (χ0v) is 15.2. The zero-order chi connectivity index (χ0) is 17.8. The van der Waals surface area contributed by atoms with Crippen LogP contribution in [-0.2, 0) is 17.8 Å². The van der Waals surface area contributed by atoms with Gasteiger partial charge in [0.05, 0.1) is 13.2 Å². The molecule has 0 bridgehead atoms. The second kappa shape index (κ2) is 7.70. The van der Waals surface area contributed by atoms with Crippen LogP contribution in [0.15, 0.2) is 48.5 Å². The highest BCUT2D eigenvalue weighted by molar-refractivity contribution is 5.97. The van der Waals surface area contributed by atoms with Crippen LogP contribution in [0, 0.1) is 0 Å². The Morgan fingerprint density at radius 3 is 2.24 bits per heavy atom. The summed E-state index contributed by atoms with van der Waals surface area (Å²) in [5, 5.41) is 0. The lowest BCUT2D eigenvalue weighted by molar-refractivity contribution is -0.125. The fourth-order valence-electron chi connectivity index (χ4n) is 3.26. The maximum Gasteiger partial charge on any atom is 0.244 e. The number of rotatable bonds is 5. The zero-order valence-electron chi connectivity index (χ0n) is 15.2. The highest BCUT2D eigenvalue weighted by Gasteiger charge is 2.32. The SMILES string of the molecule is CCc1ccc(N2CCN(Cc3ccc(OC)cc3)C(C)C2=O)cc1. The summed E-state index contributed by atoms with van der Waals surface area (Å²) < 4.78 is 5.20. The summed E-state index contributed by atoms with van der Waals surface area (Å²) in [5.74, 6) is 1.03. The molecular formula is C21H26N2O2.